The fourth-order valence-corrected chi connectivity index (χ4v) is 8.34. The molecule has 3 aromatic heterocycles. The number of nitrogens with one attached hydrogen (secondary N) is 1. The minimum atomic E-state index is -0.636. The van der Waals surface area contributed by atoms with Crippen LogP contribution in [0.25, 0.3) is 0 Å². The largest absolute Gasteiger partial charge is 0.444 e. The molecule has 1 N–H and O–H groups in total. The van der Waals surface area contributed by atoms with E-state index >= 15 is 0 Å². The van der Waals surface area contributed by atoms with Gasteiger partial charge in [-0.25, -0.2) is 19.6 Å². The number of carbonyl (C=O) groups is 3. The van der Waals surface area contributed by atoms with Gasteiger partial charge in [-0.1, -0.05) is 74.5 Å². The van der Waals surface area contributed by atoms with Crippen molar-refractivity contribution < 1.29 is 19.1 Å². The summed E-state index contributed by atoms with van der Waals surface area (Å²) in [7, 11) is 3.71. The van der Waals surface area contributed by atoms with Crippen molar-refractivity contribution in [2.45, 2.75) is 90.1 Å². The normalized spacial score (nSPS) is 15.1. The van der Waals surface area contributed by atoms with Crippen molar-refractivity contribution in [2.24, 2.45) is 13.0 Å². The maximum atomic E-state index is 14.6. The lowest BCUT2D eigenvalue weighted by atomic mass is 9.85. The molecule has 3 amide bonds. The smallest absolute Gasteiger partial charge is 0.407 e. The molecule has 0 radical (unpaired) electrons. The van der Waals surface area contributed by atoms with Crippen LogP contribution in [-0.4, -0.2) is 66.4 Å². The number of aromatic nitrogens is 4. The lowest BCUT2D eigenvalue weighted by Gasteiger charge is -2.37. The summed E-state index contributed by atoms with van der Waals surface area (Å²) >= 11 is 3.04. The maximum absolute atomic E-state index is 14.6. The Kier molecular flexibility index (Phi) is 13.3. The molecule has 0 spiro atoms. The highest BCUT2D eigenvalue weighted by Crippen LogP contribution is 2.29. The zero-order chi connectivity index (χ0) is 38.0. The first-order chi connectivity index (χ1) is 26.1. The topological polar surface area (TPSA) is 123 Å². The van der Waals surface area contributed by atoms with Crippen LogP contribution in [0.1, 0.15) is 77.1 Å². The van der Waals surface area contributed by atoms with Crippen molar-refractivity contribution in [2.75, 3.05) is 7.05 Å². The highest BCUT2D eigenvalue weighted by Gasteiger charge is 2.38. The molecule has 6 rings (SSSR count). The number of Topliss-reactive ketones (excluding diaryl/α,β-unsaturated/α-hetero) is 1. The lowest BCUT2D eigenvalue weighted by molar-refractivity contribution is -0.125. The molecule has 2 aromatic carbocycles. The van der Waals surface area contributed by atoms with E-state index in [1.54, 1.807) is 46.2 Å². The van der Waals surface area contributed by atoms with Gasteiger partial charge in [0.25, 0.3) is 0 Å². The highest BCUT2D eigenvalue weighted by molar-refractivity contribution is 7.09. The molecule has 0 unspecified atom stereocenters. The van der Waals surface area contributed by atoms with Crippen LogP contribution < -0.4 is 5.32 Å². The number of aryl methyl sites for hydroxylation is 1. The predicted molar refractivity (Wildman–Crippen MR) is 211 cm³/mol. The van der Waals surface area contributed by atoms with Crippen molar-refractivity contribution in [3.8, 4) is 0 Å². The third-order valence-electron chi connectivity index (χ3n) is 9.89. The van der Waals surface area contributed by atoms with Gasteiger partial charge >= 0.3 is 12.1 Å². The average molecular weight is 768 g/mol. The Morgan fingerprint density at radius 1 is 1.00 bits per heavy atom. The Hall–Kier alpha value is -4.88. The quantitative estimate of drug-likeness (QED) is 0.110. The second kappa shape index (κ2) is 18.4. The summed E-state index contributed by atoms with van der Waals surface area (Å²) in [6.45, 7) is 4.99. The minimum absolute atomic E-state index is 0.0248. The molecule has 0 saturated heterocycles. The number of thiazole rings is 2. The van der Waals surface area contributed by atoms with Gasteiger partial charge in [0.2, 0.25) is 0 Å². The van der Waals surface area contributed by atoms with Crippen LogP contribution in [0.4, 0.5) is 9.59 Å². The van der Waals surface area contributed by atoms with Gasteiger partial charge in [-0.05, 0) is 42.7 Å². The molecule has 5 aromatic rings. The van der Waals surface area contributed by atoms with Gasteiger partial charge in [-0.15, -0.1) is 22.7 Å². The zero-order valence-corrected chi connectivity index (χ0v) is 33.0. The summed E-state index contributed by atoms with van der Waals surface area (Å²) in [6.07, 6.45) is 6.31. The molecule has 1 aliphatic rings. The average Bonchev–Trinajstić information content (AvgIpc) is 3.95. The van der Waals surface area contributed by atoms with E-state index in [-0.39, 0.29) is 43.3 Å². The second-order valence-corrected chi connectivity index (χ2v) is 16.3. The third kappa shape index (κ3) is 10.4. The molecular weight excluding hydrogens is 719 g/mol. The summed E-state index contributed by atoms with van der Waals surface area (Å²) in [6, 6.07) is 19.2. The van der Waals surface area contributed by atoms with Gasteiger partial charge in [-0.3, -0.25) is 9.78 Å². The monoisotopic (exact) mass is 767 g/mol. The molecule has 0 fully saturated rings. The van der Waals surface area contributed by atoms with E-state index in [0.29, 0.717) is 44.6 Å². The van der Waals surface area contributed by atoms with Gasteiger partial charge in [0.15, 0.2) is 5.78 Å². The standard InChI is InChI=1S/C41H49N7O4S2/c1-28(2)39-44-33(25-53-39)22-46(3)41(51)48-23-35-36(47(4)26-43-35)20-37(48)38(49)19-31(17-29-11-7-5-8-12-29)15-16-32(18-30-13-9-6-10-14-30)45-40(50)52-24-34-21-42-27-54-34/h5-14,21,25-28,31-32,37H,15-20,22-24H2,1-4H3,(H,45,50)/t31-,32-,37+/m1/s1. The molecule has 54 heavy (non-hydrogen) atoms. The minimum Gasteiger partial charge on any atom is -0.444 e. The predicted octanol–water partition coefficient (Wildman–Crippen LogP) is 7.57. The van der Waals surface area contributed by atoms with Crippen LogP contribution in [-0.2, 0) is 55.5 Å². The number of ether oxygens (including phenoxy) is 1. The van der Waals surface area contributed by atoms with Gasteiger partial charge < -0.3 is 24.4 Å². The van der Waals surface area contributed by atoms with E-state index < -0.39 is 12.1 Å². The SMILES string of the molecule is CC(C)c1nc(CN(C)C(=O)N2Cc3ncn(C)c3C[C@H]2C(=O)C[C@H](CC[C@H](Cc2ccccc2)NC(=O)OCc2cncs2)Cc2ccccc2)cs1. The van der Waals surface area contributed by atoms with Gasteiger partial charge in [0.05, 0.1) is 52.2 Å². The Labute approximate surface area is 325 Å². The first kappa shape index (κ1) is 38.8. The molecule has 1 aliphatic heterocycles. The van der Waals surface area contributed by atoms with Crippen molar-refractivity contribution in [3.63, 3.8) is 0 Å². The lowest BCUT2D eigenvalue weighted by Crippen LogP contribution is -2.53. The number of alkyl carbamates (subject to hydrolysis) is 1. The Balaban J connectivity index is 1.19. The number of hydrogen-bond acceptors (Lipinski definition) is 9. The van der Waals surface area contributed by atoms with E-state index in [2.05, 4.69) is 53.4 Å². The van der Waals surface area contributed by atoms with Crippen molar-refractivity contribution in [1.82, 2.24) is 34.6 Å². The molecule has 0 saturated carbocycles. The van der Waals surface area contributed by atoms with Crippen molar-refractivity contribution in [3.05, 3.63) is 122 Å². The molecule has 0 aliphatic carbocycles. The van der Waals surface area contributed by atoms with Crippen LogP contribution in [0.15, 0.2) is 84.1 Å². The number of benzene rings is 2. The first-order valence-electron chi connectivity index (χ1n) is 18.5. The fraction of sp³-hybridized carbons (Fsp3) is 0.415. The number of urea groups is 1. The molecular formula is C41H49N7O4S2. The molecule has 11 nitrogen and oxygen atoms in total. The summed E-state index contributed by atoms with van der Waals surface area (Å²) < 4.78 is 7.51. The molecule has 284 valence electrons. The Morgan fingerprint density at radius 2 is 1.72 bits per heavy atom. The molecule has 3 atom stereocenters. The van der Waals surface area contributed by atoms with Gasteiger partial charge in [0.1, 0.15) is 6.61 Å². The summed E-state index contributed by atoms with van der Waals surface area (Å²) in [5, 5.41) is 6.15. The molecule has 0 bridgehead atoms. The summed E-state index contributed by atoms with van der Waals surface area (Å²) in [5.41, 5.74) is 6.59. The van der Waals surface area contributed by atoms with Crippen LogP contribution >= 0.6 is 22.7 Å². The number of ketones is 1. The highest BCUT2D eigenvalue weighted by atomic mass is 32.1. The summed E-state index contributed by atoms with van der Waals surface area (Å²) in [5.74, 6) is 0.310. The Morgan fingerprint density at radius 3 is 2.39 bits per heavy atom. The maximum Gasteiger partial charge on any atom is 0.407 e. The van der Waals surface area contributed by atoms with E-state index in [0.717, 1.165) is 38.1 Å². The Bertz CT molecular complexity index is 1960. The van der Waals surface area contributed by atoms with E-state index in [1.165, 1.54) is 11.3 Å². The van der Waals surface area contributed by atoms with E-state index in [1.807, 2.05) is 53.4 Å². The number of fused-ring (bicyclic) bond motifs is 1. The zero-order valence-electron chi connectivity index (χ0n) is 31.4. The number of rotatable bonds is 16. The number of amides is 3. The fourth-order valence-electron chi connectivity index (χ4n) is 7.01. The van der Waals surface area contributed by atoms with Crippen molar-refractivity contribution in [1.29, 1.82) is 0 Å². The van der Waals surface area contributed by atoms with Crippen molar-refractivity contribution >= 4 is 40.6 Å². The van der Waals surface area contributed by atoms with Crippen LogP contribution in [0, 0.1) is 5.92 Å². The summed E-state index contributed by atoms with van der Waals surface area (Å²) in [4.78, 5) is 59.4. The van der Waals surface area contributed by atoms with Crippen LogP contribution in [0.3, 0.4) is 0 Å². The van der Waals surface area contributed by atoms with Crippen LogP contribution in [0.5, 0.6) is 0 Å². The molecule has 4 heterocycles. The van der Waals surface area contributed by atoms with Gasteiger partial charge in [0, 0.05) is 56.2 Å². The molecule has 13 heteroatoms. The number of imidazole rings is 1. The number of carbonyl (C=O) groups excluding carboxylic acids is 3. The van der Waals surface area contributed by atoms with Gasteiger partial charge in [-0.2, -0.15) is 0 Å². The number of hydrogen-bond donors (Lipinski definition) is 1. The second-order valence-electron chi connectivity index (χ2n) is 14.4. The third-order valence-corrected chi connectivity index (χ3v) is 11.8. The van der Waals surface area contributed by atoms with Crippen LogP contribution in [0.2, 0.25) is 0 Å². The van der Waals surface area contributed by atoms with E-state index in [4.69, 9.17) is 9.72 Å². The first-order valence-corrected chi connectivity index (χ1v) is 20.2. The van der Waals surface area contributed by atoms with E-state index in [9.17, 15) is 14.4 Å². The number of nitrogens with zero attached hydrogens (tertiary/aromatic N) is 6.